The number of hydrogen-bond acceptors (Lipinski definition) is 1. The summed E-state index contributed by atoms with van der Waals surface area (Å²) in [5, 5.41) is 0.951. The Balaban J connectivity index is 3.08. The maximum absolute atomic E-state index is 11.2. The SMILES string of the molecule is Cc1cc(Cl)cc(C(=O)CBr)c1. The van der Waals surface area contributed by atoms with Crippen molar-refractivity contribution >= 4 is 33.3 Å². The van der Waals surface area contributed by atoms with E-state index in [1.807, 2.05) is 19.1 Å². The second-order valence-corrected chi connectivity index (χ2v) is 3.57. The summed E-state index contributed by atoms with van der Waals surface area (Å²) in [6, 6.07) is 5.33. The molecule has 1 aromatic rings. The standard InChI is InChI=1S/C9H8BrClO/c1-6-2-7(9(12)5-10)4-8(11)3-6/h2-4H,5H2,1H3. The number of aryl methyl sites for hydroxylation is 1. The van der Waals surface area contributed by atoms with Crippen LogP contribution in [0.4, 0.5) is 0 Å². The van der Waals surface area contributed by atoms with Crippen LogP contribution in [0.1, 0.15) is 15.9 Å². The van der Waals surface area contributed by atoms with Crippen LogP contribution in [-0.4, -0.2) is 11.1 Å². The summed E-state index contributed by atoms with van der Waals surface area (Å²) in [4.78, 5) is 11.2. The third-order valence-electron chi connectivity index (χ3n) is 1.49. The minimum absolute atomic E-state index is 0.0561. The van der Waals surface area contributed by atoms with Gasteiger partial charge in [-0.25, -0.2) is 0 Å². The fraction of sp³-hybridized carbons (Fsp3) is 0.222. The van der Waals surface area contributed by atoms with Gasteiger partial charge in [-0.15, -0.1) is 0 Å². The first-order chi connectivity index (χ1) is 5.63. The Labute approximate surface area is 84.9 Å². The lowest BCUT2D eigenvalue weighted by atomic mass is 10.1. The van der Waals surface area contributed by atoms with Crippen LogP contribution in [0.5, 0.6) is 0 Å². The molecule has 0 aliphatic heterocycles. The Hall–Kier alpha value is -0.340. The van der Waals surface area contributed by atoms with Crippen LogP contribution in [-0.2, 0) is 0 Å². The zero-order valence-electron chi connectivity index (χ0n) is 6.60. The van der Waals surface area contributed by atoms with Crippen molar-refractivity contribution in [2.75, 3.05) is 5.33 Å². The Morgan fingerprint density at radius 2 is 2.17 bits per heavy atom. The first kappa shape index (κ1) is 9.75. The van der Waals surface area contributed by atoms with Crippen molar-refractivity contribution in [3.05, 3.63) is 34.3 Å². The number of carbonyl (C=O) groups excluding carboxylic acids is 1. The Morgan fingerprint density at radius 3 is 2.67 bits per heavy atom. The van der Waals surface area contributed by atoms with E-state index >= 15 is 0 Å². The number of carbonyl (C=O) groups is 1. The van der Waals surface area contributed by atoms with Gasteiger partial charge in [0.1, 0.15) is 0 Å². The lowest BCUT2D eigenvalue weighted by Crippen LogP contribution is -1.99. The molecule has 0 aliphatic carbocycles. The zero-order valence-corrected chi connectivity index (χ0v) is 8.95. The number of Topliss-reactive ketones (excluding diaryl/α,β-unsaturated/α-hetero) is 1. The molecule has 0 spiro atoms. The number of ketones is 1. The maximum atomic E-state index is 11.2. The molecule has 0 aliphatic rings. The third-order valence-corrected chi connectivity index (χ3v) is 2.21. The van der Waals surface area contributed by atoms with Crippen molar-refractivity contribution in [1.82, 2.24) is 0 Å². The molecule has 1 rings (SSSR count). The highest BCUT2D eigenvalue weighted by Gasteiger charge is 2.04. The molecule has 0 bridgehead atoms. The second-order valence-electron chi connectivity index (χ2n) is 2.57. The van der Waals surface area contributed by atoms with Gasteiger partial charge in [0.05, 0.1) is 5.33 Å². The molecule has 0 aromatic heterocycles. The van der Waals surface area contributed by atoms with E-state index in [9.17, 15) is 4.79 Å². The molecule has 3 heteroatoms. The molecule has 0 amide bonds. The molecule has 0 fully saturated rings. The lowest BCUT2D eigenvalue weighted by molar-refractivity contribution is 0.102. The van der Waals surface area contributed by atoms with E-state index in [0.717, 1.165) is 5.56 Å². The van der Waals surface area contributed by atoms with Crippen molar-refractivity contribution in [2.45, 2.75) is 6.92 Å². The fourth-order valence-electron chi connectivity index (χ4n) is 0.974. The summed E-state index contributed by atoms with van der Waals surface area (Å²) < 4.78 is 0. The first-order valence-corrected chi connectivity index (χ1v) is 5.00. The average molecular weight is 248 g/mol. The molecule has 0 N–H and O–H groups in total. The fourth-order valence-corrected chi connectivity index (χ4v) is 1.59. The van der Waals surface area contributed by atoms with Gasteiger partial charge in [-0.2, -0.15) is 0 Å². The molecule has 0 unspecified atom stereocenters. The second kappa shape index (κ2) is 4.06. The number of benzene rings is 1. The van der Waals surface area contributed by atoms with E-state index in [2.05, 4.69) is 15.9 Å². The first-order valence-electron chi connectivity index (χ1n) is 3.50. The smallest absolute Gasteiger partial charge is 0.173 e. The van der Waals surface area contributed by atoms with E-state index < -0.39 is 0 Å². The molecule has 0 radical (unpaired) electrons. The normalized spacial score (nSPS) is 9.92. The summed E-state index contributed by atoms with van der Waals surface area (Å²) >= 11 is 8.89. The number of hydrogen-bond donors (Lipinski definition) is 0. The molecule has 1 aromatic carbocycles. The minimum Gasteiger partial charge on any atom is -0.293 e. The van der Waals surface area contributed by atoms with Crippen molar-refractivity contribution in [1.29, 1.82) is 0 Å². The van der Waals surface area contributed by atoms with Gasteiger partial charge in [0, 0.05) is 10.6 Å². The highest BCUT2D eigenvalue weighted by molar-refractivity contribution is 9.09. The summed E-state index contributed by atoms with van der Waals surface area (Å²) in [5.74, 6) is 0.0561. The summed E-state index contributed by atoms with van der Waals surface area (Å²) in [7, 11) is 0. The van der Waals surface area contributed by atoms with Crippen molar-refractivity contribution in [3.63, 3.8) is 0 Å². The summed E-state index contributed by atoms with van der Waals surface area (Å²) in [6.07, 6.45) is 0. The molecule has 0 saturated carbocycles. The molecule has 0 heterocycles. The van der Waals surface area contributed by atoms with E-state index in [0.29, 0.717) is 15.9 Å². The van der Waals surface area contributed by atoms with E-state index in [-0.39, 0.29) is 5.78 Å². The summed E-state index contributed by atoms with van der Waals surface area (Å²) in [5.41, 5.74) is 1.67. The van der Waals surface area contributed by atoms with Crippen LogP contribution in [0.25, 0.3) is 0 Å². The van der Waals surface area contributed by atoms with Gasteiger partial charge in [-0.1, -0.05) is 27.5 Å². The molecular formula is C9H8BrClO. The predicted molar refractivity (Wildman–Crippen MR) is 54.3 cm³/mol. The highest BCUT2D eigenvalue weighted by Crippen LogP contribution is 2.15. The van der Waals surface area contributed by atoms with Crippen LogP contribution in [0.15, 0.2) is 18.2 Å². The Morgan fingerprint density at radius 1 is 1.50 bits per heavy atom. The Bertz CT molecular complexity index is 289. The monoisotopic (exact) mass is 246 g/mol. The van der Waals surface area contributed by atoms with Gasteiger partial charge in [0.25, 0.3) is 0 Å². The number of rotatable bonds is 2. The number of alkyl halides is 1. The average Bonchev–Trinajstić information content (AvgIpc) is 2.01. The summed E-state index contributed by atoms with van der Waals surface area (Å²) in [6.45, 7) is 1.91. The van der Waals surface area contributed by atoms with Crippen molar-refractivity contribution in [3.8, 4) is 0 Å². The Kier molecular flexibility index (Phi) is 3.29. The van der Waals surface area contributed by atoms with Crippen LogP contribution < -0.4 is 0 Å². The molecule has 1 nitrogen and oxygen atoms in total. The molecular weight excluding hydrogens is 239 g/mol. The van der Waals surface area contributed by atoms with Gasteiger partial charge < -0.3 is 0 Å². The molecule has 0 saturated heterocycles. The van der Waals surface area contributed by atoms with Gasteiger partial charge in [0.15, 0.2) is 5.78 Å². The highest BCUT2D eigenvalue weighted by atomic mass is 79.9. The largest absolute Gasteiger partial charge is 0.293 e. The van der Waals surface area contributed by atoms with E-state index in [4.69, 9.17) is 11.6 Å². The van der Waals surface area contributed by atoms with Crippen molar-refractivity contribution < 1.29 is 4.79 Å². The van der Waals surface area contributed by atoms with Gasteiger partial charge in [-0.3, -0.25) is 4.79 Å². The molecule has 0 atom stereocenters. The number of halogens is 2. The van der Waals surface area contributed by atoms with Gasteiger partial charge >= 0.3 is 0 Å². The molecule has 12 heavy (non-hydrogen) atoms. The zero-order chi connectivity index (χ0) is 9.14. The van der Waals surface area contributed by atoms with Crippen LogP contribution in [0.2, 0.25) is 5.02 Å². The quantitative estimate of drug-likeness (QED) is 0.579. The topological polar surface area (TPSA) is 17.1 Å². The molecule has 64 valence electrons. The maximum Gasteiger partial charge on any atom is 0.173 e. The lowest BCUT2D eigenvalue weighted by Gasteiger charge is -1.99. The van der Waals surface area contributed by atoms with E-state index in [1.165, 1.54) is 0 Å². The van der Waals surface area contributed by atoms with Gasteiger partial charge in [-0.05, 0) is 30.7 Å². The van der Waals surface area contributed by atoms with E-state index in [1.54, 1.807) is 6.07 Å². The van der Waals surface area contributed by atoms with Gasteiger partial charge in [0.2, 0.25) is 0 Å². The van der Waals surface area contributed by atoms with Crippen molar-refractivity contribution in [2.24, 2.45) is 0 Å². The predicted octanol–water partition coefficient (Wildman–Crippen LogP) is 3.23. The minimum atomic E-state index is 0.0561. The van der Waals surface area contributed by atoms with Crippen LogP contribution in [0, 0.1) is 6.92 Å². The third kappa shape index (κ3) is 2.32. The van der Waals surface area contributed by atoms with Crippen LogP contribution >= 0.6 is 27.5 Å². The van der Waals surface area contributed by atoms with Crippen LogP contribution in [0.3, 0.4) is 0 Å².